The minimum absolute atomic E-state index is 0.126. The Morgan fingerprint density at radius 2 is 1.86 bits per heavy atom. The molecule has 1 aromatic rings. The third-order valence-electron chi connectivity index (χ3n) is 1.87. The van der Waals surface area contributed by atoms with Crippen molar-refractivity contribution >= 4 is 25.5 Å². The summed E-state index contributed by atoms with van der Waals surface area (Å²) in [4.78, 5) is 17.7. The molecule has 0 aliphatic rings. The van der Waals surface area contributed by atoms with Crippen LogP contribution in [0, 0.1) is 6.92 Å². The molecule has 0 amide bonds. The van der Waals surface area contributed by atoms with Crippen molar-refractivity contribution in [2.75, 3.05) is 0 Å². The normalized spacial score (nSPS) is 11.5. The van der Waals surface area contributed by atoms with E-state index < -0.39 is 14.7 Å². The third kappa shape index (κ3) is 2.44. The SMILES string of the molecule is Cc1cc(P(=O)(O)O)ccc1B(O)O. The highest BCUT2D eigenvalue weighted by Crippen LogP contribution is 2.32. The first-order valence-corrected chi connectivity index (χ1v) is 5.46. The Morgan fingerprint density at radius 3 is 2.21 bits per heavy atom. The van der Waals surface area contributed by atoms with E-state index >= 15 is 0 Å². The standard InChI is InChI=1S/C7H10BO5P/c1-5-4-6(14(11,12)13)2-3-7(5)8(9)10/h2-4,9-10H,1H3,(H2,11,12,13). The van der Waals surface area contributed by atoms with E-state index in [9.17, 15) is 4.57 Å². The molecule has 0 fully saturated rings. The van der Waals surface area contributed by atoms with E-state index in [4.69, 9.17) is 19.8 Å². The minimum Gasteiger partial charge on any atom is -0.423 e. The Hall–Kier alpha value is -0.645. The lowest BCUT2D eigenvalue weighted by Gasteiger charge is -2.08. The van der Waals surface area contributed by atoms with Crippen molar-refractivity contribution in [2.45, 2.75) is 6.92 Å². The summed E-state index contributed by atoms with van der Waals surface area (Å²) < 4.78 is 10.8. The topological polar surface area (TPSA) is 98.0 Å². The zero-order valence-corrected chi connectivity index (χ0v) is 8.35. The first-order chi connectivity index (χ1) is 6.32. The van der Waals surface area contributed by atoms with Gasteiger partial charge in [0, 0.05) is 0 Å². The van der Waals surface area contributed by atoms with Crippen LogP contribution in [0.1, 0.15) is 5.56 Å². The van der Waals surface area contributed by atoms with E-state index in [1.165, 1.54) is 18.2 Å². The average molecular weight is 216 g/mol. The molecule has 0 heterocycles. The maximum atomic E-state index is 10.8. The first kappa shape index (κ1) is 11.4. The molecular formula is C7H10BO5P. The van der Waals surface area contributed by atoms with Crippen LogP contribution in [0.25, 0.3) is 0 Å². The molecule has 76 valence electrons. The molecule has 0 unspecified atom stereocenters. The van der Waals surface area contributed by atoms with E-state index in [0.717, 1.165) is 0 Å². The Balaban J connectivity index is 3.20. The van der Waals surface area contributed by atoms with E-state index in [1.54, 1.807) is 6.92 Å². The molecule has 0 radical (unpaired) electrons. The van der Waals surface area contributed by atoms with Gasteiger partial charge in [-0.1, -0.05) is 11.6 Å². The summed E-state index contributed by atoms with van der Waals surface area (Å²) >= 11 is 0. The summed E-state index contributed by atoms with van der Waals surface area (Å²) in [5.74, 6) is 0. The lowest BCUT2D eigenvalue weighted by atomic mass is 9.77. The molecule has 0 saturated heterocycles. The van der Waals surface area contributed by atoms with Crippen LogP contribution in [-0.2, 0) is 4.57 Å². The quantitative estimate of drug-likeness (QED) is 0.355. The molecule has 0 aliphatic heterocycles. The van der Waals surface area contributed by atoms with Crippen LogP contribution in [0.15, 0.2) is 18.2 Å². The van der Waals surface area contributed by atoms with Crippen molar-refractivity contribution < 1.29 is 24.4 Å². The van der Waals surface area contributed by atoms with Crippen molar-refractivity contribution in [1.82, 2.24) is 0 Å². The first-order valence-electron chi connectivity index (χ1n) is 3.85. The van der Waals surface area contributed by atoms with Gasteiger partial charge in [-0.25, -0.2) is 0 Å². The number of aryl methyl sites for hydroxylation is 1. The van der Waals surface area contributed by atoms with E-state index in [0.29, 0.717) is 5.56 Å². The second kappa shape index (κ2) is 3.84. The summed E-state index contributed by atoms with van der Waals surface area (Å²) in [5, 5.41) is 17.6. The fourth-order valence-corrected chi connectivity index (χ4v) is 1.76. The van der Waals surface area contributed by atoms with Crippen molar-refractivity contribution in [1.29, 1.82) is 0 Å². The minimum atomic E-state index is -4.26. The molecule has 0 aliphatic carbocycles. The van der Waals surface area contributed by atoms with Crippen LogP contribution in [0.4, 0.5) is 0 Å². The molecule has 4 N–H and O–H groups in total. The van der Waals surface area contributed by atoms with Crippen LogP contribution in [0.2, 0.25) is 0 Å². The largest absolute Gasteiger partial charge is 0.488 e. The zero-order valence-electron chi connectivity index (χ0n) is 7.45. The molecule has 0 saturated carbocycles. The van der Waals surface area contributed by atoms with Crippen molar-refractivity contribution in [2.24, 2.45) is 0 Å². The predicted octanol–water partition coefficient (Wildman–Crippen LogP) is -1.52. The highest BCUT2D eigenvalue weighted by atomic mass is 31.2. The van der Waals surface area contributed by atoms with E-state index in [-0.39, 0.29) is 10.8 Å². The van der Waals surface area contributed by atoms with Crippen LogP contribution < -0.4 is 10.8 Å². The molecular weight excluding hydrogens is 206 g/mol. The average Bonchev–Trinajstić information content (AvgIpc) is 2.01. The van der Waals surface area contributed by atoms with Gasteiger partial charge in [0.2, 0.25) is 0 Å². The maximum absolute atomic E-state index is 10.8. The van der Waals surface area contributed by atoms with Crippen LogP contribution in [0.5, 0.6) is 0 Å². The molecule has 0 atom stereocenters. The van der Waals surface area contributed by atoms with E-state index in [1.807, 2.05) is 0 Å². The predicted molar refractivity (Wildman–Crippen MR) is 52.7 cm³/mol. The summed E-state index contributed by atoms with van der Waals surface area (Å²) in [5.41, 5.74) is 0.669. The second-order valence-corrected chi connectivity index (χ2v) is 4.56. The number of hydrogen-bond donors (Lipinski definition) is 4. The van der Waals surface area contributed by atoms with Crippen LogP contribution in [0.3, 0.4) is 0 Å². The number of rotatable bonds is 2. The van der Waals surface area contributed by atoms with Crippen molar-refractivity contribution in [3.63, 3.8) is 0 Å². The summed E-state index contributed by atoms with van der Waals surface area (Å²) in [6.07, 6.45) is 0. The summed E-state index contributed by atoms with van der Waals surface area (Å²) in [6.45, 7) is 1.55. The number of hydrogen-bond acceptors (Lipinski definition) is 3. The maximum Gasteiger partial charge on any atom is 0.488 e. The van der Waals surface area contributed by atoms with Gasteiger partial charge in [-0.15, -0.1) is 0 Å². The lowest BCUT2D eigenvalue weighted by molar-refractivity contribution is 0.387. The van der Waals surface area contributed by atoms with Gasteiger partial charge in [0.15, 0.2) is 0 Å². The summed E-state index contributed by atoms with van der Waals surface area (Å²) in [7, 11) is -5.88. The molecule has 0 bridgehead atoms. The van der Waals surface area contributed by atoms with Gasteiger partial charge >= 0.3 is 14.7 Å². The Kier molecular flexibility index (Phi) is 3.14. The monoisotopic (exact) mass is 216 g/mol. The summed E-state index contributed by atoms with van der Waals surface area (Å²) in [6, 6.07) is 3.71. The lowest BCUT2D eigenvalue weighted by Crippen LogP contribution is -2.33. The third-order valence-corrected chi connectivity index (χ3v) is 2.82. The van der Waals surface area contributed by atoms with Gasteiger partial charge in [-0.3, -0.25) is 4.57 Å². The Morgan fingerprint density at radius 1 is 1.29 bits per heavy atom. The Bertz CT molecular complexity index is 386. The van der Waals surface area contributed by atoms with Crippen LogP contribution in [-0.4, -0.2) is 27.0 Å². The molecule has 14 heavy (non-hydrogen) atoms. The van der Waals surface area contributed by atoms with Gasteiger partial charge < -0.3 is 19.8 Å². The zero-order chi connectivity index (χ0) is 10.9. The molecule has 1 aromatic carbocycles. The van der Waals surface area contributed by atoms with Gasteiger partial charge in [-0.05, 0) is 24.5 Å². The smallest absolute Gasteiger partial charge is 0.423 e. The van der Waals surface area contributed by atoms with Gasteiger partial charge in [0.05, 0.1) is 5.30 Å². The number of benzene rings is 1. The second-order valence-electron chi connectivity index (χ2n) is 2.96. The van der Waals surface area contributed by atoms with Gasteiger partial charge in [-0.2, -0.15) is 0 Å². The molecule has 0 aromatic heterocycles. The molecule has 1 rings (SSSR count). The van der Waals surface area contributed by atoms with Crippen molar-refractivity contribution in [3.05, 3.63) is 23.8 Å². The molecule has 0 spiro atoms. The molecule has 7 heteroatoms. The van der Waals surface area contributed by atoms with Gasteiger partial charge in [0.25, 0.3) is 0 Å². The van der Waals surface area contributed by atoms with Crippen molar-refractivity contribution in [3.8, 4) is 0 Å². The van der Waals surface area contributed by atoms with Crippen LogP contribution >= 0.6 is 7.60 Å². The fourth-order valence-electron chi connectivity index (χ4n) is 1.13. The van der Waals surface area contributed by atoms with E-state index in [2.05, 4.69) is 0 Å². The fraction of sp³-hybridized carbons (Fsp3) is 0.143. The highest BCUT2D eigenvalue weighted by Gasteiger charge is 2.20. The molecule has 5 nitrogen and oxygen atoms in total. The Labute approximate surface area is 81.3 Å². The van der Waals surface area contributed by atoms with Gasteiger partial charge in [0.1, 0.15) is 0 Å². The highest BCUT2D eigenvalue weighted by molar-refractivity contribution is 7.60.